The minimum atomic E-state index is -4.71. The fourth-order valence-corrected chi connectivity index (χ4v) is 3.55. The fourth-order valence-electron chi connectivity index (χ4n) is 2.98. The van der Waals surface area contributed by atoms with Crippen molar-refractivity contribution in [3.05, 3.63) is 75.7 Å². The Morgan fingerprint density at radius 1 is 1.17 bits per heavy atom. The number of alkyl halides is 3. The van der Waals surface area contributed by atoms with Gasteiger partial charge in [-0.05, 0) is 24.3 Å². The number of carbonyl (C=O) groups is 1. The molecule has 0 spiro atoms. The molecule has 12 heteroatoms. The third kappa shape index (κ3) is 3.71. The van der Waals surface area contributed by atoms with E-state index in [2.05, 4.69) is 25.5 Å². The Balaban J connectivity index is 1.80. The molecular weight excluding hydrogens is 444 g/mol. The van der Waals surface area contributed by atoms with Gasteiger partial charge in [0.25, 0.3) is 5.91 Å². The lowest BCUT2D eigenvalue weighted by atomic mass is 10.2. The summed E-state index contributed by atoms with van der Waals surface area (Å²) in [5.74, 6) is -0.438. The minimum absolute atomic E-state index is 0.00678. The van der Waals surface area contributed by atoms with Gasteiger partial charge in [-0.25, -0.2) is 9.97 Å². The number of imidazole rings is 1. The lowest BCUT2D eigenvalue weighted by Crippen LogP contribution is -2.14. The predicted molar refractivity (Wildman–Crippen MR) is 104 cm³/mol. The van der Waals surface area contributed by atoms with Crippen molar-refractivity contribution >= 4 is 40.4 Å². The third-order valence-electron chi connectivity index (χ3n) is 4.26. The molecule has 1 aromatic carbocycles. The van der Waals surface area contributed by atoms with Gasteiger partial charge in [0.05, 0.1) is 33.4 Å². The van der Waals surface area contributed by atoms with Gasteiger partial charge in [0.1, 0.15) is 12.2 Å². The molecule has 154 valence electrons. The molecule has 0 aliphatic rings. The zero-order valence-corrected chi connectivity index (χ0v) is 16.3. The van der Waals surface area contributed by atoms with E-state index in [9.17, 15) is 18.0 Å². The lowest BCUT2D eigenvalue weighted by Gasteiger charge is -2.10. The van der Waals surface area contributed by atoms with Crippen LogP contribution in [0.5, 0.6) is 0 Å². The van der Waals surface area contributed by atoms with Gasteiger partial charge in [-0.3, -0.25) is 9.89 Å². The molecule has 0 saturated heterocycles. The van der Waals surface area contributed by atoms with E-state index in [1.54, 1.807) is 6.07 Å². The number of amides is 1. The molecule has 0 saturated carbocycles. The Hall–Kier alpha value is -3.11. The SMILES string of the molecule is O=C(Nc1cccn2c(Cc3ncn[nH]3)c(C(F)(F)F)nc12)c1c(Cl)cccc1Cl. The molecule has 4 rings (SSSR count). The van der Waals surface area contributed by atoms with Crippen LogP contribution in [0.2, 0.25) is 10.0 Å². The van der Waals surface area contributed by atoms with E-state index in [0.717, 1.165) is 0 Å². The van der Waals surface area contributed by atoms with Gasteiger partial charge in [-0.1, -0.05) is 29.3 Å². The highest BCUT2D eigenvalue weighted by Crippen LogP contribution is 2.34. The van der Waals surface area contributed by atoms with Crippen LogP contribution in [0.4, 0.5) is 18.9 Å². The molecule has 0 atom stereocenters. The summed E-state index contributed by atoms with van der Waals surface area (Å²) in [6.07, 6.45) is -2.29. The van der Waals surface area contributed by atoms with Gasteiger partial charge in [0.2, 0.25) is 0 Å². The zero-order chi connectivity index (χ0) is 21.5. The number of benzene rings is 1. The van der Waals surface area contributed by atoms with Gasteiger partial charge >= 0.3 is 6.18 Å². The molecular formula is C18H11Cl2F3N6O. The smallest absolute Gasteiger partial charge is 0.319 e. The summed E-state index contributed by atoms with van der Waals surface area (Å²) in [6.45, 7) is 0. The van der Waals surface area contributed by atoms with Crippen LogP contribution in [0.1, 0.15) is 27.6 Å². The minimum Gasteiger partial charge on any atom is -0.319 e. The lowest BCUT2D eigenvalue weighted by molar-refractivity contribution is -0.141. The summed E-state index contributed by atoms with van der Waals surface area (Å²) in [5, 5.41) is 8.94. The van der Waals surface area contributed by atoms with E-state index in [1.165, 1.54) is 41.2 Å². The number of fused-ring (bicyclic) bond motifs is 1. The van der Waals surface area contributed by atoms with E-state index in [0.29, 0.717) is 0 Å². The van der Waals surface area contributed by atoms with Crippen molar-refractivity contribution in [3.8, 4) is 0 Å². The molecule has 4 aromatic rings. The average molecular weight is 455 g/mol. The van der Waals surface area contributed by atoms with Crippen LogP contribution in [-0.4, -0.2) is 30.5 Å². The molecule has 7 nitrogen and oxygen atoms in total. The van der Waals surface area contributed by atoms with Gasteiger partial charge < -0.3 is 9.72 Å². The summed E-state index contributed by atoms with van der Waals surface area (Å²) in [7, 11) is 0. The molecule has 3 aromatic heterocycles. The van der Waals surface area contributed by atoms with Crippen molar-refractivity contribution < 1.29 is 18.0 Å². The standard InChI is InChI=1S/C18H11Cl2F3N6O/c19-9-3-1-4-10(20)14(9)17(30)26-11-5-2-6-29-12(7-13-24-8-25-28-13)15(18(21,22)23)27-16(11)29/h1-6,8H,7H2,(H,26,30)(H,24,25,28). The molecule has 0 bridgehead atoms. The molecule has 0 radical (unpaired) electrons. The summed E-state index contributed by atoms with van der Waals surface area (Å²) >= 11 is 12.1. The topological polar surface area (TPSA) is 88.0 Å². The number of aromatic nitrogens is 5. The Morgan fingerprint density at radius 2 is 1.90 bits per heavy atom. The fraction of sp³-hybridized carbons (Fsp3) is 0.111. The van der Waals surface area contributed by atoms with Crippen LogP contribution in [0.25, 0.3) is 5.65 Å². The number of H-pyrrole nitrogens is 1. The Kier molecular flexibility index (Phi) is 5.12. The first-order valence-electron chi connectivity index (χ1n) is 8.42. The highest BCUT2D eigenvalue weighted by Gasteiger charge is 2.38. The second kappa shape index (κ2) is 7.62. The van der Waals surface area contributed by atoms with Crippen molar-refractivity contribution in [1.29, 1.82) is 0 Å². The highest BCUT2D eigenvalue weighted by atomic mass is 35.5. The number of hydrogen-bond donors (Lipinski definition) is 2. The Labute approximate surface area is 176 Å². The van der Waals surface area contributed by atoms with E-state index >= 15 is 0 Å². The first-order valence-corrected chi connectivity index (χ1v) is 9.18. The monoisotopic (exact) mass is 454 g/mol. The summed E-state index contributed by atoms with van der Waals surface area (Å²) in [4.78, 5) is 20.3. The molecule has 1 amide bonds. The Morgan fingerprint density at radius 3 is 2.53 bits per heavy atom. The maximum absolute atomic E-state index is 13.6. The largest absolute Gasteiger partial charge is 0.435 e. The van der Waals surface area contributed by atoms with Crippen molar-refractivity contribution in [1.82, 2.24) is 24.6 Å². The molecule has 3 heterocycles. The first-order chi connectivity index (χ1) is 14.3. The van der Waals surface area contributed by atoms with E-state index in [1.807, 2.05) is 0 Å². The molecule has 30 heavy (non-hydrogen) atoms. The summed E-state index contributed by atoms with van der Waals surface area (Å²) in [6, 6.07) is 7.46. The number of rotatable bonds is 4. The number of pyridine rings is 1. The van der Waals surface area contributed by atoms with Crippen molar-refractivity contribution in [2.24, 2.45) is 0 Å². The second-order valence-electron chi connectivity index (χ2n) is 6.18. The number of anilines is 1. The Bertz CT molecular complexity index is 1220. The van der Waals surface area contributed by atoms with Crippen LogP contribution in [-0.2, 0) is 12.6 Å². The quantitative estimate of drug-likeness (QED) is 0.470. The maximum Gasteiger partial charge on any atom is 0.435 e. The number of halogens is 5. The molecule has 0 aliphatic heterocycles. The number of aromatic amines is 1. The van der Waals surface area contributed by atoms with E-state index in [-0.39, 0.29) is 44.9 Å². The van der Waals surface area contributed by atoms with Crippen LogP contribution >= 0.6 is 23.2 Å². The van der Waals surface area contributed by atoms with Gasteiger partial charge in [0.15, 0.2) is 11.3 Å². The number of nitrogens with one attached hydrogen (secondary N) is 2. The molecule has 2 N–H and O–H groups in total. The first kappa shape index (κ1) is 20.2. The van der Waals surface area contributed by atoms with Crippen molar-refractivity contribution in [2.45, 2.75) is 12.6 Å². The van der Waals surface area contributed by atoms with Crippen LogP contribution < -0.4 is 5.32 Å². The predicted octanol–water partition coefficient (Wildman–Crippen LogP) is 4.62. The average Bonchev–Trinajstić information content (AvgIpc) is 3.30. The third-order valence-corrected chi connectivity index (χ3v) is 4.89. The normalized spacial score (nSPS) is 11.8. The van der Waals surface area contributed by atoms with Gasteiger partial charge in [0, 0.05) is 6.20 Å². The zero-order valence-electron chi connectivity index (χ0n) is 14.8. The van der Waals surface area contributed by atoms with E-state index < -0.39 is 17.8 Å². The second-order valence-corrected chi connectivity index (χ2v) is 6.99. The number of nitrogens with zero attached hydrogens (tertiary/aromatic N) is 4. The van der Waals surface area contributed by atoms with Crippen LogP contribution in [0.15, 0.2) is 42.9 Å². The van der Waals surface area contributed by atoms with Crippen molar-refractivity contribution in [3.63, 3.8) is 0 Å². The van der Waals surface area contributed by atoms with Crippen molar-refractivity contribution in [2.75, 3.05) is 5.32 Å². The number of hydrogen-bond acceptors (Lipinski definition) is 4. The molecule has 0 unspecified atom stereocenters. The van der Waals surface area contributed by atoms with Crippen LogP contribution in [0, 0.1) is 0 Å². The van der Waals surface area contributed by atoms with Crippen LogP contribution in [0.3, 0.4) is 0 Å². The van der Waals surface area contributed by atoms with Gasteiger partial charge in [-0.15, -0.1) is 0 Å². The summed E-state index contributed by atoms with van der Waals surface area (Å²) < 4.78 is 42.2. The molecule has 0 fully saturated rings. The summed E-state index contributed by atoms with van der Waals surface area (Å²) in [5.41, 5.74) is -1.26. The number of carbonyl (C=O) groups excluding carboxylic acids is 1. The van der Waals surface area contributed by atoms with E-state index in [4.69, 9.17) is 23.2 Å². The molecule has 0 aliphatic carbocycles. The maximum atomic E-state index is 13.6. The van der Waals surface area contributed by atoms with Gasteiger partial charge in [-0.2, -0.15) is 18.3 Å². The highest BCUT2D eigenvalue weighted by molar-refractivity contribution is 6.40.